The molecular weight excluding hydrogens is 214 g/mol. The van der Waals surface area contributed by atoms with E-state index in [1.165, 1.54) is 5.57 Å². The van der Waals surface area contributed by atoms with Gasteiger partial charge in [-0.1, -0.05) is 6.92 Å². The molecule has 3 N–H and O–H groups in total. The van der Waals surface area contributed by atoms with Gasteiger partial charge in [-0.2, -0.15) is 4.98 Å². The first-order valence-corrected chi connectivity index (χ1v) is 6.07. The van der Waals surface area contributed by atoms with E-state index in [0.717, 1.165) is 37.6 Å². The standard InChI is InChI=1S/C12H17N5/c1-2-10-3-11(16-12(13)15-10)17-6-8-4-14-5-9(8)7-17/h3-4,9,14H,2,5-7H2,1H3,(H2,13,15,16). The van der Waals surface area contributed by atoms with Crippen LogP contribution in [-0.2, 0) is 6.42 Å². The Labute approximate surface area is 101 Å². The third kappa shape index (κ3) is 1.81. The van der Waals surface area contributed by atoms with Crippen LogP contribution in [0.25, 0.3) is 0 Å². The Bertz CT molecular complexity index is 468. The molecule has 0 aromatic carbocycles. The van der Waals surface area contributed by atoms with Crippen molar-refractivity contribution in [3.63, 3.8) is 0 Å². The zero-order valence-electron chi connectivity index (χ0n) is 9.98. The third-order valence-electron chi connectivity index (χ3n) is 3.46. The Morgan fingerprint density at radius 2 is 2.41 bits per heavy atom. The number of nitrogens with zero attached hydrogens (tertiary/aromatic N) is 3. The maximum absolute atomic E-state index is 5.74. The Morgan fingerprint density at radius 1 is 1.53 bits per heavy atom. The van der Waals surface area contributed by atoms with Gasteiger partial charge in [0.2, 0.25) is 5.95 Å². The molecular formula is C12H17N5. The molecule has 5 nitrogen and oxygen atoms in total. The highest BCUT2D eigenvalue weighted by atomic mass is 15.2. The molecule has 1 fully saturated rings. The summed E-state index contributed by atoms with van der Waals surface area (Å²) in [7, 11) is 0. The highest BCUT2D eigenvalue weighted by Crippen LogP contribution is 2.28. The van der Waals surface area contributed by atoms with Crippen LogP contribution in [0.5, 0.6) is 0 Å². The van der Waals surface area contributed by atoms with E-state index in [4.69, 9.17) is 5.73 Å². The monoisotopic (exact) mass is 231 g/mol. The molecule has 3 heterocycles. The van der Waals surface area contributed by atoms with Crippen molar-refractivity contribution in [1.82, 2.24) is 15.3 Å². The van der Waals surface area contributed by atoms with Gasteiger partial charge in [-0.25, -0.2) is 4.98 Å². The molecule has 1 aromatic heterocycles. The summed E-state index contributed by atoms with van der Waals surface area (Å²) < 4.78 is 0. The molecule has 0 radical (unpaired) electrons. The minimum absolute atomic E-state index is 0.378. The minimum atomic E-state index is 0.378. The van der Waals surface area contributed by atoms with E-state index < -0.39 is 0 Å². The second-order valence-corrected chi connectivity index (χ2v) is 4.63. The fourth-order valence-corrected chi connectivity index (χ4v) is 2.51. The summed E-state index contributed by atoms with van der Waals surface area (Å²) in [6.45, 7) is 5.11. The van der Waals surface area contributed by atoms with Gasteiger partial charge in [0.1, 0.15) is 5.82 Å². The van der Waals surface area contributed by atoms with E-state index in [0.29, 0.717) is 11.9 Å². The number of hydrogen-bond donors (Lipinski definition) is 2. The van der Waals surface area contributed by atoms with Crippen LogP contribution in [-0.4, -0.2) is 29.6 Å². The van der Waals surface area contributed by atoms with Gasteiger partial charge < -0.3 is 16.0 Å². The molecule has 1 aromatic rings. The molecule has 0 spiro atoms. The maximum Gasteiger partial charge on any atom is 0.222 e. The average Bonchev–Trinajstić information content (AvgIpc) is 2.88. The molecule has 1 unspecified atom stereocenters. The van der Waals surface area contributed by atoms with Gasteiger partial charge in [-0.05, 0) is 18.2 Å². The number of nitrogens with two attached hydrogens (primary N) is 1. The fraction of sp³-hybridized carbons (Fsp3) is 0.500. The van der Waals surface area contributed by atoms with Crippen molar-refractivity contribution in [2.75, 3.05) is 30.3 Å². The predicted octanol–water partition coefficient (Wildman–Crippen LogP) is 0.544. The van der Waals surface area contributed by atoms with E-state index in [1.807, 2.05) is 6.07 Å². The summed E-state index contributed by atoms with van der Waals surface area (Å²) in [6, 6.07) is 2.05. The van der Waals surface area contributed by atoms with Gasteiger partial charge in [0.25, 0.3) is 0 Å². The van der Waals surface area contributed by atoms with Crippen LogP contribution in [0.3, 0.4) is 0 Å². The van der Waals surface area contributed by atoms with Crippen LogP contribution < -0.4 is 16.0 Å². The number of nitrogens with one attached hydrogen (secondary N) is 1. The van der Waals surface area contributed by atoms with Gasteiger partial charge >= 0.3 is 0 Å². The lowest BCUT2D eigenvalue weighted by Gasteiger charge is -2.18. The lowest BCUT2D eigenvalue weighted by atomic mass is 10.1. The van der Waals surface area contributed by atoms with Crippen molar-refractivity contribution in [2.45, 2.75) is 13.3 Å². The van der Waals surface area contributed by atoms with Crippen molar-refractivity contribution in [3.8, 4) is 0 Å². The Hall–Kier alpha value is -1.78. The average molecular weight is 231 g/mol. The van der Waals surface area contributed by atoms with Crippen molar-refractivity contribution in [1.29, 1.82) is 0 Å². The Balaban J connectivity index is 1.87. The number of aromatic nitrogens is 2. The van der Waals surface area contributed by atoms with Gasteiger partial charge in [0.05, 0.1) is 0 Å². The number of fused-ring (bicyclic) bond motifs is 1. The summed E-state index contributed by atoms with van der Waals surface area (Å²) in [4.78, 5) is 10.8. The molecule has 1 atom stereocenters. The maximum atomic E-state index is 5.74. The first kappa shape index (κ1) is 10.4. The lowest BCUT2D eigenvalue weighted by Crippen LogP contribution is -2.24. The molecule has 3 rings (SSSR count). The summed E-state index contributed by atoms with van der Waals surface area (Å²) >= 11 is 0. The number of aryl methyl sites for hydroxylation is 1. The Kier molecular flexibility index (Phi) is 2.39. The van der Waals surface area contributed by atoms with E-state index in [-0.39, 0.29) is 0 Å². The molecule has 2 aliphatic rings. The quantitative estimate of drug-likeness (QED) is 0.778. The van der Waals surface area contributed by atoms with E-state index in [2.05, 4.69) is 33.3 Å². The summed E-state index contributed by atoms with van der Waals surface area (Å²) in [5.74, 6) is 1.98. The first-order valence-electron chi connectivity index (χ1n) is 6.07. The second kappa shape index (κ2) is 3.91. The van der Waals surface area contributed by atoms with Gasteiger partial charge in [0.15, 0.2) is 0 Å². The fourth-order valence-electron chi connectivity index (χ4n) is 2.51. The van der Waals surface area contributed by atoms with Crippen molar-refractivity contribution in [2.24, 2.45) is 5.92 Å². The summed E-state index contributed by atoms with van der Waals surface area (Å²) in [5.41, 5.74) is 8.23. The smallest absolute Gasteiger partial charge is 0.222 e. The van der Waals surface area contributed by atoms with E-state index >= 15 is 0 Å². The second-order valence-electron chi connectivity index (χ2n) is 4.63. The number of hydrogen-bond acceptors (Lipinski definition) is 5. The molecule has 5 heteroatoms. The van der Waals surface area contributed by atoms with Crippen molar-refractivity contribution >= 4 is 11.8 Å². The van der Waals surface area contributed by atoms with E-state index in [1.54, 1.807) is 0 Å². The van der Waals surface area contributed by atoms with Crippen LogP contribution in [0.2, 0.25) is 0 Å². The predicted molar refractivity (Wildman–Crippen MR) is 67.6 cm³/mol. The zero-order valence-corrected chi connectivity index (χ0v) is 9.98. The number of nitrogen functional groups attached to an aromatic ring is 1. The largest absolute Gasteiger partial charge is 0.390 e. The molecule has 2 aliphatic heterocycles. The van der Waals surface area contributed by atoms with Crippen LogP contribution >= 0.6 is 0 Å². The summed E-state index contributed by atoms with van der Waals surface area (Å²) in [5, 5.41) is 3.28. The molecule has 0 amide bonds. The van der Waals surface area contributed by atoms with Crippen molar-refractivity contribution < 1.29 is 0 Å². The van der Waals surface area contributed by atoms with Gasteiger partial charge in [0, 0.05) is 37.3 Å². The molecule has 0 aliphatic carbocycles. The van der Waals surface area contributed by atoms with Crippen LogP contribution in [0.4, 0.5) is 11.8 Å². The molecule has 0 saturated carbocycles. The third-order valence-corrected chi connectivity index (χ3v) is 3.46. The molecule has 17 heavy (non-hydrogen) atoms. The number of rotatable bonds is 2. The van der Waals surface area contributed by atoms with Gasteiger partial charge in [-0.15, -0.1) is 0 Å². The van der Waals surface area contributed by atoms with E-state index in [9.17, 15) is 0 Å². The Morgan fingerprint density at radius 3 is 3.18 bits per heavy atom. The summed E-state index contributed by atoms with van der Waals surface area (Å²) in [6.07, 6.45) is 3.02. The topological polar surface area (TPSA) is 67.1 Å². The molecule has 0 bridgehead atoms. The number of anilines is 2. The minimum Gasteiger partial charge on any atom is -0.390 e. The normalized spacial score (nSPS) is 22.3. The van der Waals surface area contributed by atoms with Crippen molar-refractivity contribution in [3.05, 3.63) is 23.5 Å². The SMILES string of the molecule is CCc1cc(N2CC3=CNCC3C2)nc(N)n1. The highest BCUT2D eigenvalue weighted by Gasteiger charge is 2.30. The van der Waals surface area contributed by atoms with Crippen LogP contribution in [0.15, 0.2) is 17.8 Å². The molecule has 90 valence electrons. The molecule has 1 saturated heterocycles. The van der Waals surface area contributed by atoms with Crippen LogP contribution in [0.1, 0.15) is 12.6 Å². The van der Waals surface area contributed by atoms with Gasteiger partial charge in [-0.3, -0.25) is 0 Å². The zero-order chi connectivity index (χ0) is 11.8. The first-order chi connectivity index (χ1) is 8.26. The highest BCUT2D eigenvalue weighted by molar-refractivity contribution is 5.48. The van der Waals surface area contributed by atoms with Crippen LogP contribution in [0, 0.1) is 5.92 Å². The lowest BCUT2D eigenvalue weighted by molar-refractivity contribution is 0.675.